The molecule has 0 bridgehead atoms. The van der Waals surface area contributed by atoms with Crippen LogP contribution in [0.5, 0.6) is 5.75 Å². The SMILES string of the molecule is CC(Nc1ccc(O)c(Cl)c1)c1cccc(C#N)c1. The average Bonchev–Trinajstić information content (AvgIpc) is 2.43. The van der Waals surface area contributed by atoms with Crippen LogP contribution in [0.15, 0.2) is 42.5 Å². The summed E-state index contributed by atoms with van der Waals surface area (Å²) >= 11 is 5.86. The molecule has 19 heavy (non-hydrogen) atoms. The van der Waals surface area contributed by atoms with Crippen molar-refractivity contribution in [3.8, 4) is 11.8 Å². The molecule has 4 heteroatoms. The van der Waals surface area contributed by atoms with Crippen LogP contribution in [0.1, 0.15) is 24.1 Å². The summed E-state index contributed by atoms with van der Waals surface area (Å²) in [7, 11) is 0. The van der Waals surface area contributed by atoms with Crippen molar-refractivity contribution in [1.82, 2.24) is 0 Å². The summed E-state index contributed by atoms with van der Waals surface area (Å²) in [5.41, 5.74) is 2.47. The van der Waals surface area contributed by atoms with Gasteiger partial charge < -0.3 is 10.4 Å². The van der Waals surface area contributed by atoms with Crippen LogP contribution >= 0.6 is 11.6 Å². The Morgan fingerprint density at radius 3 is 2.74 bits per heavy atom. The number of halogens is 1. The average molecular weight is 273 g/mol. The van der Waals surface area contributed by atoms with Crippen molar-refractivity contribution in [3.63, 3.8) is 0 Å². The van der Waals surface area contributed by atoms with Gasteiger partial charge in [0, 0.05) is 11.7 Å². The van der Waals surface area contributed by atoms with Crippen molar-refractivity contribution in [1.29, 1.82) is 5.26 Å². The molecule has 0 aliphatic rings. The van der Waals surface area contributed by atoms with Gasteiger partial charge in [-0.15, -0.1) is 0 Å². The van der Waals surface area contributed by atoms with E-state index in [0.29, 0.717) is 10.6 Å². The highest BCUT2D eigenvalue weighted by Gasteiger charge is 2.07. The number of nitriles is 1. The van der Waals surface area contributed by atoms with Crippen molar-refractivity contribution in [3.05, 3.63) is 58.6 Å². The van der Waals surface area contributed by atoms with Gasteiger partial charge in [-0.1, -0.05) is 23.7 Å². The molecule has 0 saturated carbocycles. The zero-order valence-electron chi connectivity index (χ0n) is 10.4. The number of nitrogens with zero attached hydrogens (tertiary/aromatic N) is 1. The van der Waals surface area contributed by atoms with E-state index in [9.17, 15) is 5.11 Å². The van der Waals surface area contributed by atoms with Gasteiger partial charge in [-0.25, -0.2) is 0 Å². The van der Waals surface area contributed by atoms with Gasteiger partial charge in [-0.2, -0.15) is 5.26 Å². The minimum Gasteiger partial charge on any atom is -0.506 e. The third-order valence-electron chi connectivity index (χ3n) is 2.85. The van der Waals surface area contributed by atoms with Crippen molar-refractivity contribution >= 4 is 17.3 Å². The lowest BCUT2D eigenvalue weighted by atomic mass is 10.1. The normalized spacial score (nSPS) is 11.6. The van der Waals surface area contributed by atoms with Crippen LogP contribution in [0.2, 0.25) is 5.02 Å². The zero-order chi connectivity index (χ0) is 13.8. The maximum Gasteiger partial charge on any atom is 0.134 e. The molecule has 2 rings (SSSR count). The number of nitrogens with one attached hydrogen (secondary N) is 1. The Bertz CT molecular complexity index is 634. The summed E-state index contributed by atoms with van der Waals surface area (Å²) in [6, 6.07) is 14.6. The van der Waals surface area contributed by atoms with E-state index in [2.05, 4.69) is 11.4 Å². The van der Waals surface area contributed by atoms with Crippen molar-refractivity contribution in [2.45, 2.75) is 13.0 Å². The topological polar surface area (TPSA) is 56.0 Å². The summed E-state index contributed by atoms with van der Waals surface area (Å²) in [4.78, 5) is 0. The maximum absolute atomic E-state index is 9.37. The summed E-state index contributed by atoms with van der Waals surface area (Å²) < 4.78 is 0. The molecule has 3 nitrogen and oxygen atoms in total. The molecule has 0 amide bonds. The first-order chi connectivity index (χ1) is 9.10. The molecule has 0 spiro atoms. The standard InChI is InChI=1S/C15H13ClN2O/c1-10(12-4-2-3-11(7-12)9-17)18-13-5-6-15(19)14(16)8-13/h2-8,10,18-19H,1H3. The highest BCUT2D eigenvalue weighted by Crippen LogP contribution is 2.28. The fraction of sp³-hybridized carbons (Fsp3) is 0.133. The highest BCUT2D eigenvalue weighted by molar-refractivity contribution is 6.32. The molecule has 2 aromatic carbocycles. The first kappa shape index (κ1) is 13.3. The molecular formula is C15H13ClN2O. The Kier molecular flexibility index (Phi) is 3.94. The number of phenolic OH excluding ortho intramolecular Hbond substituents is 1. The molecule has 0 saturated heterocycles. The third kappa shape index (κ3) is 3.18. The third-order valence-corrected chi connectivity index (χ3v) is 3.15. The van der Waals surface area contributed by atoms with E-state index in [0.717, 1.165) is 11.3 Å². The predicted molar refractivity (Wildman–Crippen MR) is 76.3 cm³/mol. The number of hydrogen-bond acceptors (Lipinski definition) is 3. The molecule has 2 aromatic rings. The van der Waals surface area contributed by atoms with Gasteiger partial charge in [0.05, 0.1) is 16.7 Å². The monoisotopic (exact) mass is 272 g/mol. The minimum atomic E-state index is 0.0360. The fourth-order valence-corrected chi connectivity index (χ4v) is 1.99. The Morgan fingerprint density at radius 1 is 1.26 bits per heavy atom. The van der Waals surface area contributed by atoms with Crippen molar-refractivity contribution < 1.29 is 5.11 Å². The van der Waals surface area contributed by atoms with E-state index >= 15 is 0 Å². The van der Waals surface area contributed by atoms with Gasteiger partial charge in [0.1, 0.15) is 5.75 Å². The van der Waals surface area contributed by atoms with E-state index in [1.807, 2.05) is 25.1 Å². The van der Waals surface area contributed by atoms with E-state index < -0.39 is 0 Å². The van der Waals surface area contributed by atoms with Crippen LogP contribution in [0.25, 0.3) is 0 Å². The van der Waals surface area contributed by atoms with Gasteiger partial charge in [0.25, 0.3) is 0 Å². The maximum atomic E-state index is 9.37. The van der Waals surface area contributed by atoms with Crippen LogP contribution in [0.3, 0.4) is 0 Å². The Morgan fingerprint density at radius 2 is 2.05 bits per heavy atom. The Labute approximate surface area is 117 Å². The molecule has 1 unspecified atom stereocenters. The molecule has 1 atom stereocenters. The van der Waals surface area contributed by atoms with Crippen LogP contribution < -0.4 is 5.32 Å². The zero-order valence-corrected chi connectivity index (χ0v) is 11.1. The van der Waals surface area contributed by atoms with E-state index in [1.165, 1.54) is 0 Å². The molecule has 0 aliphatic heterocycles. The predicted octanol–water partition coefficient (Wildman–Crippen LogP) is 4.09. The van der Waals surface area contributed by atoms with E-state index in [-0.39, 0.29) is 11.8 Å². The summed E-state index contributed by atoms with van der Waals surface area (Å²) in [6.07, 6.45) is 0. The second-order valence-corrected chi connectivity index (χ2v) is 4.68. The lowest BCUT2D eigenvalue weighted by molar-refractivity contribution is 0.475. The van der Waals surface area contributed by atoms with Crippen LogP contribution in [0, 0.1) is 11.3 Å². The number of phenols is 1. The van der Waals surface area contributed by atoms with Crippen LogP contribution in [0.4, 0.5) is 5.69 Å². The quantitative estimate of drug-likeness (QED) is 0.828. The van der Waals surface area contributed by atoms with E-state index in [4.69, 9.17) is 16.9 Å². The molecular weight excluding hydrogens is 260 g/mol. The first-order valence-corrected chi connectivity index (χ1v) is 6.23. The first-order valence-electron chi connectivity index (χ1n) is 5.85. The number of rotatable bonds is 3. The van der Waals surface area contributed by atoms with Gasteiger partial charge in [0.2, 0.25) is 0 Å². The van der Waals surface area contributed by atoms with Crippen LogP contribution in [-0.4, -0.2) is 5.11 Å². The number of benzene rings is 2. The van der Waals surface area contributed by atoms with Crippen LogP contribution in [-0.2, 0) is 0 Å². The fourth-order valence-electron chi connectivity index (χ4n) is 1.81. The molecule has 0 aliphatic carbocycles. The molecule has 2 N–H and O–H groups in total. The molecule has 0 radical (unpaired) electrons. The second kappa shape index (κ2) is 5.64. The van der Waals surface area contributed by atoms with Gasteiger partial charge >= 0.3 is 0 Å². The molecule has 0 aromatic heterocycles. The lowest BCUT2D eigenvalue weighted by Crippen LogP contribution is -2.06. The minimum absolute atomic E-state index is 0.0360. The lowest BCUT2D eigenvalue weighted by Gasteiger charge is -2.16. The molecule has 0 heterocycles. The van der Waals surface area contributed by atoms with E-state index in [1.54, 1.807) is 24.3 Å². The van der Waals surface area contributed by atoms with Gasteiger partial charge in [-0.05, 0) is 42.8 Å². The van der Waals surface area contributed by atoms with Gasteiger partial charge in [0.15, 0.2) is 0 Å². The van der Waals surface area contributed by atoms with Gasteiger partial charge in [-0.3, -0.25) is 0 Å². The van der Waals surface area contributed by atoms with Crippen molar-refractivity contribution in [2.75, 3.05) is 5.32 Å². The second-order valence-electron chi connectivity index (χ2n) is 4.27. The number of hydrogen-bond donors (Lipinski definition) is 2. The number of anilines is 1. The molecule has 96 valence electrons. The smallest absolute Gasteiger partial charge is 0.134 e. The largest absolute Gasteiger partial charge is 0.506 e. The highest BCUT2D eigenvalue weighted by atomic mass is 35.5. The Hall–Kier alpha value is -2.18. The number of aromatic hydroxyl groups is 1. The summed E-state index contributed by atoms with van der Waals surface area (Å²) in [5.74, 6) is 0.0614. The Balaban J connectivity index is 2.18. The summed E-state index contributed by atoms with van der Waals surface area (Å²) in [6.45, 7) is 2.00. The summed E-state index contributed by atoms with van der Waals surface area (Å²) in [5, 5.41) is 21.8. The van der Waals surface area contributed by atoms with Crippen molar-refractivity contribution in [2.24, 2.45) is 0 Å². The molecule has 0 fully saturated rings.